The maximum Gasteiger partial charge on any atom is 0.224 e. The van der Waals surface area contributed by atoms with Gasteiger partial charge in [0.1, 0.15) is 5.82 Å². The number of rotatable bonds is 7. The lowest BCUT2D eigenvalue weighted by atomic mass is 9.93. The minimum atomic E-state index is -0.211. The van der Waals surface area contributed by atoms with Crippen molar-refractivity contribution in [2.45, 2.75) is 45.7 Å². The van der Waals surface area contributed by atoms with E-state index in [0.29, 0.717) is 5.92 Å². The van der Waals surface area contributed by atoms with E-state index in [2.05, 4.69) is 36.2 Å². The van der Waals surface area contributed by atoms with Gasteiger partial charge in [-0.25, -0.2) is 4.39 Å². The summed E-state index contributed by atoms with van der Waals surface area (Å²) in [6, 6.07) is 17.0. The highest BCUT2D eigenvalue weighted by Gasteiger charge is 2.27. The Morgan fingerprint density at radius 1 is 1.14 bits per heavy atom. The fourth-order valence-corrected chi connectivity index (χ4v) is 3.99. The van der Waals surface area contributed by atoms with Gasteiger partial charge in [-0.3, -0.25) is 9.69 Å². The molecule has 0 aliphatic carbocycles. The van der Waals surface area contributed by atoms with Gasteiger partial charge in [0.05, 0.1) is 12.0 Å². The van der Waals surface area contributed by atoms with Crippen LogP contribution in [0.15, 0.2) is 54.6 Å². The molecule has 0 radical (unpaired) electrons. The molecular weight excluding hydrogens is 351 g/mol. The number of halogens is 1. The van der Waals surface area contributed by atoms with E-state index >= 15 is 0 Å². The molecule has 2 aromatic carbocycles. The largest absolute Gasteiger partial charge is 0.349 e. The Kier molecular flexibility index (Phi) is 7.21. The molecule has 1 fully saturated rings. The van der Waals surface area contributed by atoms with Crippen molar-refractivity contribution in [3.05, 3.63) is 71.5 Å². The minimum Gasteiger partial charge on any atom is -0.349 e. The van der Waals surface area contributed by atoms with Gasteiger partial charge < -0.3 is 5.32 Å². The summed E-state index contributed by atoms with van der Waals surface area (Å²) in [5.74, 6) is 0.453. The quantitative estimate of drug-likeness (QED) is 0.735. The van der Waals surface area contributed by atoms with Crippen molar-refractivity contribution < 1.29 is 9.18 Å². The highest BCUT2D eigenvalue weighted by Crippen LogP contribution is 2.24. The van der Waals surface area contributed by atoms with Gasteiger partial charge in [-0.1, -0.05) is 56.3 Å². The van der Waals surface area contributed by atoms with E-state index in [0.717, 1.165) is 44.5 Å². The first kappa shape index (κ1) is 20.5. The highest BCUT2D eigenvalue weighted by molar-refractivity contribution is 5.79. The molecule has 1 aliphatic heterocycles. The summed E-state index contributed by atoms with van der Waals surface area (Å²) < 4.78 is 13.1. The first-order chi connectivity index (χ1) is 13.5. The lowest BCUT2D eigenvalue weighted by molar-refractivity contribution is -0.127. The lowest BCUT2D eigenvalue weighted by Crippen LogP contribution is -2.43. The molecule has 0 unspecified atom stereocenters. The summed E-state index contributed by atoms with van der Waals surface area (Å²) in [6.45, 7) is 6.88. The number of nitrogens with one attached hydrogen (secondary N) is 1. The van der Waals surface area contributed by atoms with Gasteiger partial charge in [-0.15, -0.1) is 0 Å². The monoisotopic (exact) mass is 382 g/mol. The Morgan fingerprint density at radius 2 is 1.86 bits per heavy atom. The second kappa shape index (κ2) is 9.83. The van der Waals surface area contributed by atoms with Gasteiger partial charge in [0, 0.05) is 13.1 Å². The van der Waals surface area contributed by atoms with E-state index < -0.39 is 0 Å². The topological polar surface area (TPSA) is 32.3 Å². The lowest BCUT2D eigenvalue weighted by Gasteiger charge is -2.33. The number of carbonyl (C=O) groups excluding carboxylic acids is 1. The van der Waals surface area contributed by atoms with Gasteiger partial charge in [-0.05, 0) is 55.0 Å². The van der Waals surface area contributed by atoms with Crippen LogP contribution < -0.4 is 5.32 Å². The number of nitrogens with zero attached hydrogens (tertiary/aromatic N) is 1. The van der Waals surface area contributed by atoms with Crippen LogP contribution in [0, 0.1) is 17.7 Å². The molecule has 2 atom stereocenters. The molecule has 1 amide bonds. The summed E-state index contributed by atoms with van der Waals surface area (Å²) in [4.78, 5) is 15.3. The molecule has 1 saturated heterocycles. The normalized spacial score (nSPS) is 18.8. The first-order valence-corrected chi connectivity index (χ1v) is 10.3. The summed E-state index contributed by atoms with van der Waals surface area (Å²) in [5, 5.41) is 3.31. The molecule has 0 aromatic heterocycles. The Labute approximate surface area is 167 Å². The maximum absolute atomic E-state index is 13.1. The Bertz CT molecular complexity index is 745. The molecule has 2 aromatic rings. The maximum atomic E-state index is 13.1. The van der Waals surface area contributed by atoms with Crippen molar-refractivity contribution in [1.29, 1.82) is 0 Å². The number of carbonyl (C=O) groups is 1. The predicted molar refractivity (Wildman–Crippen MR) is 111 cm³/mol. The van der Waals surface area contributed by atoms with Crippen LogP contribution in [0.5, 0.6) is 0 Å². The molecule has 150 valence electrons. The zero-order valence-corrected chi connectivity index (χ0v) is 16.9. The predicted octanol–water partition coefficient (Wildman–Crippen LogP) is 4.94. The fraction of sp³-hybridized carbons (Fsp3) is 0.458. The fourth-order valence-electron chi connectivity index (χ4n) is 3.99. The molecule has 4 heteroatoms. The van der Waals surface area contributed by atoms with Crippen LogP contribution in [-0.2, 0) is 11.3 Å². The molecule has 1 aliphatic rings. The van der Waals surface area contributed by atoms with Crippen LogP contribution in [-0.4, -0.2) is 23.9 Å². The van der Waals surface area contributed by atoms with Crippen LogP contribution in [0.1, 0.15) is 50.3 Å². The molecule has 3 rings (SSSR count). The number of benzene rings is 2. The van der Waals surface area contributed by atoms with E-state index in [1.54, 1.807) is 0 Å². The van der Waals surface area contributed by atoms with Crippen LogP contribution in [0.25, 0.3) is 0 Å². The SMILES string of the molecule is CC(C)C[C@@H](NC(=O)[C@@H]1CCCN(Cc2ccc(F)cc2)C1)c1ccccc1. The van der Waals surface area contributed by atoms with Crippen molar-refractivity contribution in [3.8, 4) is 0 Å². The second-order valence-electron chi connectivity index (χ2n) is 8.30. The van der Waals surface area contributed by atoms with E-state index in [-0.39, 0.29) is 23.7 Å². The van der Waals surface area contributed by atoms with Crippen LogP contribution >= 0.6 is 0 Å². The molecule has 0 bridgehead atoms. The highest BCUT2D eigenvalue weighted by atomic mass is 19.1. The van der Waals surface area contributed by atoms with Crippen LogP contribution in [0.2, 0.25) is 0 Å². The molecule has 3 nitrogen and oxygen atoms in total. The third-order valence-electron chi connectivity index (χ3n) is 5.42. The molecule has 1 heterocycles. The Hall–Kier alpha value is -2.20. The van der Waals surface area contributed by atoms with Crippen molar-refractivity contribution in [2.24, 2.45) is 11.8 Å². The third-order valence-corrected chi connectivity index (χ3v) is 5.42. The Balaban J connectivity index is 1.61. The van der Waals surface area contributed by atoms with Crippen molar-refractivity contribution in [1.82, 2.24) is 10.2 Å². The average molecular weight is 383 g/mol. The molecule has 0 saturated carbocycles. The van der Waals surface area contributed by atoms with E-state index in [9.17, 15) is 9.18 Å². The molecule has 1 N–H and O–H groups in total. The van der Waals surface area contributed by atoms with E-state index in [1.807, 2.05) is 30.3 Å². The number of hydrogen-bond donors (Lipinski definition) is 1. The van der Waals surface area contributed by atoms with E-state index in [1.165, 1.54) is 17.7 Å². The van der Waals surface area contributed by atoms with Gasteiger partial charge in [0.2, 0.25) is 5.91 Å². The average Bonchev–Trinajstić information content (AvgIpc) is 2.70. The number of amides is 1. The van der Waals surface area contributed by atoms with Gasteiger partial charge in [0.15, 0.2) is 0 Å². The van der Waals surface area contributed by atoms with Gasteiger partial charge >= 0.3 is 0 Å². The van der Waals surface area contributed by atoms with Crippen LogP contribution in [0.3, 0.4) is 0 Å². The summed E-state index contributed by atoms with van der Waals surface area (Å²) >= 11 is 0. The third kappa shape index (κ3) is 5.90. The molecule has 0 spiro atoms. The van der Waals surface area contributed by atoms with Gasteiger partial charge in [-0.2, -0.15) is 0 Å². The number of hydrogen-bond acceptors (Lipinski definition) is 2. The number of likely N-dealkylation sites (tertiary alicyclic amines) is 1. The second-order valence-corrected chi connectivity index (χ2v) is 8.30. The smallest absolute Gasteiger partial charge is 0.224 e. The summed E-state index contributed by atoms with van der Waals surface area (Å²) in [5.41, 5.74) is 2.26. The van der Waals surface area contributed by atoms with Crippen LogP contribution in [0.4, 0.5) is 4.39 Å². The van der Waals surface area contributed by atoms with Crippen molar-refractivity contribution >= 4 is 5.91 Å². The minimum absolute atomic E-state index is 0.00701. The van der Waals surface area contributed by atoms with Crippen molar-refractivity contribution in [3.63, 3.8) is 0 Å². The molecular formula is C24H31FN2O. The standard InChI is InChI=1S/C24H31FN2O/c1-18(2)15-23(20-7-4-3-5-8-20)26-24(28)21-9-6-14-27(17-21)16-19-10-12-22(25)13-11-19/h3-5,7-8,10-13,18,21,23H,6,9,14-17H2,1-2H3,(H,26,28)/t21-,23-/m1/s1. The van der Waals surface area contributed by atoms with E-state index in [4.69, 9.17) is 0 Å². The molecule has 28 heavy (non-hydrogen) atoms. The zero-order chi connectivity index (χ0) is 19.9. The zero-order valence-electron chi connectivity index (χ0n) is 16.9. The first-order valence-electron chi connectivity index (χ1n) is 10.3. The van der Waals surface area contributed by atoms with Crippen molar-refractivity contribution in [2.75, 3.05) is 13.1 Å². The van der Waals surface area contributed by atoms with Gasteiger partial charge in [0.25, 0.3) is 0 Å². The summed E-state index contributed by atoms with van der Waals surface area (Å²) in [7, 11) is 0. The Morgan fingerprint density at radius 3 is 2.54 bits per heavy atom. The summed E-state index contributed by atoms with van der Waals surface area (Å²) in [6.07, 6.45) is 2.87. The number of piperidine rings is 1.